The van der Waals surface area contributed by atoms with Crippen molar-refractivity contribution >= 4 is 0 Å². The molecule has 1 aliphatic heterocycles. The molecule has 1 heteroatoms. The van der Waals surface area contributed by atoms with Crippen LogP contribution in [0.4, 0.5) is 0 Å². The summed E-state index contributed by atoms with van der Waals surface area (Å²) in [5, 5.41) is 0. The summed E-state index contributed by atoms with van der Waals surface area (Å²) in [6.45, 7) is 9.48. The van der Waals surface area contributed by atoms with Crippen LogP contribution in [0.25, 0.3) is 0 Å². The van der Waals surface area contributed by atoms with Crippen LogP contribution in [0.15, 0.2) is 0 Å². The van der Waals surface area contributed by atoms with E-state index in [9.17, 15) is 0 Å². The van der Waals surface area contributed by atoms with Gasteiger partial charge < -0.3 is 0 Å². The zero-order chi connectivity index (χ0) is 9.64. The van der Waals surface area contributed by atoms with E-state index in [1.165, 1.54) is 25.7 Å². The number of rotatable bonds is 2. The maximum absolute atomic E-state index is 2.82. The highest BCUT2D eigenvalue weighted by Gasteiger charge is 2.55. The molecular formula is C12H23N. The molecule has 0 N–H and O–H groups in total. The smallest absolute Gasteiger partial charge is 0.0217 e. The molecular weight excluding hydrogens is 158 g/mol. The van der Waals surface area contributed by atoms with Crippen molar-refractivity contribution in [2.45, 2.75) is 71.0 Å². The lowest BCUT2D eigenvalue weighted by Crippen LogP contribution is -2.44. The van der Waals surface area contributed by atoms with E-state index in [4.69, 9.17) is 0 Å². The minimum Gasteiger partial charge on any atom is -0.292 e. The summed E-state index contributed by atoms with van der Waals surface area (Å²) in [6, 6.07) is 1.61. The fourth-order valence-electron chi connectivity index (χ4n) is 3.27. The maximum atomic E-state index is 2.82. The average Bonchev–Trinajstić information content (AvgIpc) is 2.61. The third-order valence-electron chi connectivity index (χ3n) is 3.96. The zero-order valence-corrected chi connectivity index (χ0v) is 9.51. The van der Waals surface area contributed by atoms with Crippen molar-refractivity contribution in [2.75, 3.05) is 0 Å². The molecule has 0 aromatic heterocycles. The number of hydrogen-bond acceptors (Lipinski definition) is 1. The van der Waals surface area contributed by atoms with Crippen LogP contribution < -0.4 is 0 Å². The standard InChI is InChI=1S/C12H23N/c1-9(2)11-5-6-12(7-8-12)13(11)10(3)4/h9-11H,5-8H2,1-4H3. The van der Waals surface area contributed by atoms with E-state index in [0.29, 0.717) is 5.54 Å². The van der Waals surface area contributed by atoms with Crippen molar-refractivity contribution in [3.63, 3.8) is 0 Å². The van der Waals surface area contributed by atoms with Crippen molar-refractivity contribution in [1.29, 1.82) is 0 Å². The van der Waals surface area contributed by atoms with Crippen LogP contribution in [0, 0.1) is 5.92 Å². The first kappa shape index (κ1) is 9.51. The summed E-state index contributed by atoms with van der Waals surface area (Å²) in [5.74, 6) is 0.836. The molecule has 0 radical (unpaired) electrons. The fourth-order valence-corrected chi connectivity index (χ4v) is 3.27. The van der Waals surface area contributed by atoms with Crippen LogP contribution in [0.2, 0.25) is 0 Å². The molecule has 1 atom stereocenters. The Kier molecular flexibility index (Phi) is 2.18. The van der Waals surface area contributed by atoms with Crippen LogP contribution in [-0.2, 0) is 0 Å². The van der Waals surface area contributed by atoms with Gasteiger partial charge in [-0.15, -0.1) is 0 Å². The lowest BCUT2D eigenvalue weighted by atomic mass is 10.0. The van der Waals surface area contributed by atoms with Crippen LogP contribution in [0.5, 0.6) is 0 Å². The summed E-state index contributed by atoms with van der Waals surface area (Å²) in [7, 11) is 0. The van der Waals surface area contributed by atoms with Gasteiger partial charge in [-0.25, -0.2) is 0 Å². The number of nitrogens with zero attached hydrogens (tertiary/aromatic N) is 1. The minimum absolute atomic E-state index is 0.670. The molecule has 1 heterocycles. The van der Waals surface area contributed by atoms with E-state index in [0.717, 1.165) is 18.0 Å². The van der Waals surface area contributed by atoms with Crippen molar-refractivity contribution in [3.8, 4) is 0 Å². The summed E-state index contributed by atoms with van der Waals surface area (Å²) in [6.07, 6.45) is 5.84. The summed E-state index contributed by atoms with van der Waals surface area (Å²) >= 11 is 0. The van der Waals surface area contributed by atoms with E-state index >= 15 is 0 Å². The quantitative estimate of drug-likeness (QED) is 0.633. The highest BCUT2D eigenvalue weighted by molar-refractivity contribution is 5.11. The average molecular weight is 181 g/mol. The molecule has 1 spiro atoms. The van der Waals surface area contributed by atoms with Crippen LogP contribution in [0.1, 0.15) is 53.4 Å². The Morgan fingerprint density at radius 1 is 1.08 bits per heavy atom. The van der Waals surface area contributed by atoms with Gasteiger partial charge in [0.15, 0.2) is 0 Å². The second-order valence-electron chi connectivity index (χ2n) is 5.58. The van der Waals surface area contributed by atoms with Gasteiger partial charge in [0.2, 0.25) is 0 Å². The number of hydrogen-bond donors (Lipinski definition) is 0. The van der Waals surface area contributed by atoms with Gasteiger partial charge in [0.1, 0.15) is 0 Å². The van der Waals surface area contributed by atoms with E-state index in [2.05, 4.69) is 32.6 Å². The topological polar surface area (TPSA) is 3.24 Å². The van der Waals surface area contributed by atoms with Gasteiger partial charge >= 0.3 is 0 Å². The third-order valence-corrected chi connectivity index (χ3v) is 3.96. The first-order chi connectivity index (χ1) is 6.07. The summed E-state index contributed by atoms with van der Waals surface area (Å²) in [5.41, 5.74) is 0.670. The molecule has 76 valence electrons. The van der Waals surface area contributed by atoms with Gasteiger partial charge in [-0.05, 0) is 45.4 Å². The Morgan fingerprint density at radius 3 is 2.08 bits per heavy atom. The highest BCUT2D eigenvalue weighted by atomic mass is 15.3. The zero-order valence-electron chi connectivity index (χ0n) is 9.51. The largest absolute Gasteiger partial charge is 0.292 e. The summed E-state index contributed by atoms with van der Waals surface area (Å²) in [4.78, 5) is 2.82. The van der Waals surface area contributed by atoms with Gasteiger partial charge in [-0.2, -0.15) is 0 Å². The first-order valence-corrected chi connectivity index (χ1v) is 5.85. The molecule has 2 rings (SSSR count). The Labute approximate surface area is 82.5 Å². The molecule has 0 bridgehead atoms. The van der Waals surface area contributed by atoms with Crippen molar-refractivity contribution in [1.82, 2.24) is 4.90 Å². The maximum Gasteiger partial charge on any atom is 0.0217 e. The monoisotopic (exact) mass is 181 g/mol. The summed E-state index contributed by atoms with van der Waals surface area (Å²) < 4.78 is 0. The molecule has 0 aromatic rings. The molecule has 2 aliphatic rings. The van der Waals surface area contributed by atoms with Crippen LogP contribution in [0.3, 0.4) is 0 Å². The molecule has 0 aromatic carbocycles. The molecule has 13 heavy (non-hydrogen) atoms. The number of likely N-dealkylation sites (tertiary alicyclic amines) is 1. The lowest BCUT2D eigenvalue weighted by Gasteiger charge is -2.36. The van der Waals surface area contributed by atoms with Gasteiger partial charge in [0.05, 0.1) is 0 Å². The third kappa shape index (κ3) is 1.41. The van der Waals surface area contributed by atoms with E-state index < -0.39 is 0 Å². The molecule has 1 saturated carbocycles. The van der Waals surface area contributed by atoms with E-state index in [1.807, 2.05) is 0 Å². The van der Waals surface area contributed by atoms with Crippen molar-refractivity contribution in [2.24, 2.45) is 5.92 Å². The molecule has 1 nitrogen and oxygen atoms in total. The molecule has 0 amide bonds. The first-order valence-electron chi connectivity index (χ1n) is 5.85. The Morgan fingerprint density at radius 2 is 1.69 bits per heavy atom. The highest BCUT2D eigenvalue weighted by Crippen LogP contribution is 2.53. The normalized spacial score (nSPS) is 32.3. The predicted molar refractivity (Wildman–Crippen MR) is 56.8 cm³/mol. The van der Waals surface area contributed by atoms with Crippen LogP contribution in [-0.4, -0.2) is 22.5 Å². The second-order valence-corrected chi connectivity index (χ2v) is 5.58. The molecule has 1 unspecified atom stereocenters. The Hall–Kier alpha value is -0.0400. The lowest BCUT2D eigenvalue weighted by molar-refractivity contribution is 0.107. The predicted octanol–water partition coefficient (Wildman–Crippen LogP) is 3.05. The Balaban J connectivity index is 2.14. The van der Waals surface area contributed by atoms with Gasteiger partial charge in [0, 0.05) is 17.6 Å². The van der Waals surface area contributed by atoms with E-state index in [1.54, 1.807) is 0 Å². The van der Waals surface area contributed by atoms with Crippen LogP contribution >= 0.6 is 0 Å². The SMILES string of the molecule is CC(C)C1CCC2(CC2)N1C(C)C. The Bertz CT molecular complexity index is 191. The van der Waals surface area contributed by atoms with Gasteiger partial charge in [-0.3, -0.25) is 4.90 Å². The molecule has 1 saturated heterocycles. The van der Waals surface area contributed by atoms with Crippen molar-refractivity contribution < 1.29 is 0 Å². The molecule has 1 aliphatic carbocycles. The van der Waals surface area contributed by atoms with Gasteiger partial charge in [-0.1, -0.05) is 13.8 Å². The van der Waals surface area contributed by atoms with Gasteiger partial charge in [0.25, 0.3) is 0 Å². The second kappa shape index (κ2) is 2.98. The van der Waals surface area contributed by atoms with E-state index in [-0.39, 0.29) is 0 Å². The fraction of sp³-hybridized carbons (Fsp3) is 1.00. The molecule has 2 fully saturated rings. The minimum atomic E-state index is 0.670. The van der Waals surface area contributed by atoms with Crippen molar-refractivity contribution in [3.05, 3.63) is 0 Å².